The SMILES string of the molecule is O=C(C1CCOCC1)N1CCCN(C2CSCCSC2)CC1. The number of ether oxygens (including phenoxy) is 1. The monoisotopic (exact) mass is 344 g/mol. The predicted octanol–water partition coefficient (Wildman–Crippen LogP) is 1.80. The van der Waals surface area contributed by atoms with Crippen molar-refractivity contribution < 1.29 is 9.53 Å². The van der Waals surface area contributed by atoms with Gasteiger partial charge in [0.2, 0.25) is 5.91 Å². The van der Waals surface area contributed by atoms with Crippen molar-refractivity contribution in [1.29, 1.82) is 0 Å². The van der Waals surface area contributed by atoms with Gasteiger partial charge >= 0.3 is 0 Å². The molecule has 3 aliphatic heterocycles. The molecule has 0 spiro atoms. The van der Waals surface area contributed by atoms with Crippen molar-refractivity contribution in [2.75, 3.05) is 62.4 Å². The first-order valence-corrected chi connectivity index (χ1v) is 10.9. The molecule has 0 radical (unpaired) electrons. The van der Waals surface area contributed by atoms with Crippen LogP contribution < -0.4 is 0 Å². The summed E-state index contributed by atoms with van der Waals surface area (Å²) in [6.45, 7) is 5.59. The van der Waals surface area contributed by atoms with Crippen molar-refractivity contribution in [1.82, 2.24) is 9.80 Å². The summed E-state index contributed by atoms with van der Waals surface area (Å²) in [5, 5.41) is 0. The van der Waals surface area contributed by atoms with Crippen LogP contribution in [0.25, 0.3) is 0 Å². The molecule has 3 rings (SSSR count). The van der Waals surface area contributed by atoms with E-state index in [4.69, 9.17) is 4.74 Å². The first-order chi connectivity index (χ1) is 10.8. The summed E-state index contributed by atoms with van der Waals surface area (Å²) < 4.78 is 5.39. The Bertz CT molecular complexity index is 356. The van der Waals surface area contributed by atoms with Crippen molar-refractivity contribution in [2.24, 2.45) is 5.92 Å². The van der Waals surface area contributed by atoms with Crippen LogP contribution in [0.15, 0.2) is 0 Å². The van der Waals surface area contributed by atoms with Crippen LogP contribution in [0.4, 0.5) is 0 Å². The van der Waals surface area contributed by atoms with E-state index in [2.05, 4.69) is 33.3 Å². The molecule has 0 aromatic rings. The van der Waals surface area contributed by atoms with Gasteiger partial charge in [-0.3, -0.25) is 9.69 Å². The number of hydrogen-bond donors (Lipinski definition) is 0. The first-order valence-electron chi connectivity index (χ1n) is 8.60. The highest BCUT2D eigenvalue weighted by Crippen LogP contribution is 2.23. The standard InChI is InChI=1S/C16H28N2O2S2/c19-16(14-2-8-20-9-3-14)18-5-1-4-17(6-7-18)15-12-21-10-11-22-13-15/h14-15H,1-13H2. The Morgan fingerprint density at radius 2 is 1.68 bits per heavy atom. The molecule has 0 aliphatic carbocycles. The molecule has 3 fully saturated rings. The van der Waals surface area contributed by atoms with E-state index in [1.165, 1.54) is 23.0 Å². The van der Waals surface area contributed by atoms with E-state index in [1.54, 1.807) is 0 Å². The Hall–Kier alpha value is 0.0900. The highest BCUT2D eigenvalue weighted by Gasteiger charge is 2.29. The van der Waals surface area contributed by atoms with Gasteiger partial charge in [-0.1, -0.05) is 0 Å². The van der Waals surface area contributed by atoms with Crippen LogP contribution in [0.2, 0.25) is 0 Å². The van der Waals surface area contributed by atoms with E-state index in [0.717, 1.165) is 58.7 Å². The van der Waals surface area contributed by atoms with Gasteiger partial charge in [-0.25, -0.2) is 0 Å². The second-order valence-corrected chi connectivity index (χ2v) is 8.70. The summed E-state index contributed by atoms with van der Waals surface area (Å²) in [6, 6.07) is 0.704. The highest BCUT2D eigenvalue weighted by atomic mass is 32.2. The fourth-order valence-electron chi connectivity index (χ4n) is 3.54. The van der Waals surface area contributed by atoms with Gasteiger partial charge in [0.25, 0.3) is 0 Å². The first kappa shape index (κ1) is 16.9. The van der Waals surface area contributed by atoms with E-state index in [-0.39, 0.29) is 5.92 Å². The van der Waals surface area contributed by atoms with Gasteiger partial charge in [-0.2, -0.15) is 23.5 Å². The molecular formula is C16H28N2O2S2. The van der Waals surface area contributed by atoms with Crippen molar-refractivity contribution in [3.63, 3.8) is 0 Å². The third-order valence-electron chi connectivity index (χ3n) is 4.92. The summed E-state index contributed by atoms with van der Waals surface area (Å²) >= 11 is 4.19. The Balaban J connectivity index is 1.51. The van der Waals surface area contributed by atoms with Crippen LogP contribution in [0.3, 0.4) is 0 Å². The minimum absolute atomic E-state index is 0.212. The molecule has 3 heterocycles. The van der Waals surface area contributed by atoms with Gasteiger partial charge in [0, 0.05) is 74.4 Å². The summed E-state index contributed by atoms with van der Waals surface area (Å²) in [5.74, 6) is 5.72. The highest BCUT2D eigenvalue weighted by molar-refractivity contribution is 8.03. The quantitative estimate of drug-likeness (QED) is 0.763. The van der Waals surface area contributed by atoms with E-state index in [1.807, 2.05) is 0 Å². The van der Waals surface area contributed by atoms with Crippen LogP contribution in [0.1, 0.15) is 19.3 Å². The number of nitrogens with zero attached hydrogens (tertiary/aromatic N) is 2. The number of hydrogen-bond acceptors (Lipinski definition) is 5. The predicted molar refractivity (Wildman–Crippen MR) is 94.8 cm³/mol. The van der Waals surface area contributed by atoms with Gasteiger partial charge in [-0.05, 0) is 19.3 Å². The maximum absolute atomic E-state index is 12.7. The average molecular weight is 345 g/mol. The maximum atomic E-state index is 12.7. The Kier molecular flexibility index (Phi) is 6.78. The second kappa shape index (κ2) is 8.81. The lowest BCUT2D eigenvalue weighted by Gasteiger charge is -2.30. The van der Waals surface area contributed by atoms with Crippen LogP contribution in [0.5, 0.6) is 0 Å². The topological polar surface area (TPSA) is 32.8 Å². The number of amides is 1. The van der Waals surface area contributed by atoms with Crippen LogP contribution in [-0.4, -0.2) is 84.2 Å². The molecule has 0 aromatic carbocycles. The lowest BCUT2D eigenvalue weighted by molar-refractivity contribution is -0.138. The Morgan fingerprint density at radius 1 is 0.955 bits per heavy atom. The molecule has 6 heteroatoms. The Morgan fingerprint density at radius 3 is 2.41 bits per heavy atom. The Labute approximate surface area is 142 Å². The fraction of sp³-hybridized carbons (Fsp3) is 0.938. The maximum Gasteiger partial charge on any atom is 0.225 e. The van der Waals surface area contributed by atoms with Crippen LogP contribution >= 0.6 is 23.5 Å². The molecule has 0 saturated carbocycles. The minimum atomic E-state index is 0.212. The molecular weight excluding hydrogens is 316 g/mol. The zero-order chi connectivity index (χ0) is 15.2. The second-order valence-electron chi connectivity index (χ2n) is 6.41. The van der Waals surface area contributed by atoms with Crippen LogP contribution in [-0.2, 0) is 9.53 Å². The molecule has 0 aromatic heterocycles. The van der Waals surface area contributed by atoms with E-state index in [9.17, 15) is 4.79 Å². The van der Waals surface area contributed by atoms with Crippen molar-refractivity contribution in [3.05, 3.63) is 0 Å². The normalized spacial score (nSPS) is 27.4. The zero-order valence-corrected chi connectivity index (χ0v) is 15.0. The van der Waals surface area contributed by atoms with E-state index >= 15 is 0 Å². The van der Waals surface area contributed by atoms with Gasteiger partial charge in [0.15, 0.2) is 0 Å². The largest absolute Gasteiger partial charge is 0.381 e. The zero-order valence-electron chi connectivity index (χ0n) is 13.4. The van der Waals surface area contributed by atoms with Gasteiger partial charge in [0.05, 0.1) is 0 Å². The molecule has 4 nitrogen and oxygen atoms in total. The molecule has 3 aliphatic rings. The van der Waals surface area contributed by atoms with Crippen molar-refractivity contribution in [2.45, 2.75) is 25.3 Å². The molecule has 0 N–H and O–H groups in total. The third-order valence-corrected chi connectivity index (χ3v) is 7.41. The number of thioether (sulfide) groups is 2. The molecule has 126 valence electrons. The molecule has 3 saturated heterocycles. The van der Waals surface area contributed by atoms with E-state index < -0.39 is 0 Å². The summed E-state index contributed by atoms with van der Waals surface area (Å²) in [6.07, 6.45) is 2.95. The van der Waals surface area contributed by atoms with Gasteiger partial charge in [-0.15, -0.1) is 0 Å². The summed E-state index contributed by atoms with van der Waals surface area (Å²) in [4.78, 5) is 17.5. The molecule has 0 bridgehead atoms. The molecule has 0 unspecified atom stereocenters. The van der Waals surface area contributed by atoms with Crippen molar-refractivity contribution >= 4 is 29.4 Å². The molecule has 22 heavy (non-hydrogen) atoms. The number of carbonyl (C=O) groups is 1. The minimum Gasteiger partial charge on any atom is -0.381 e. The van der Waals surface area contributed by atoms with Gasteiger partial charge < -0.3 is 9.64 Å². The smallest absolute Gasteiger partial charge is 0.225 e. The third kappa shape index (κ3) is 4.56. The number of rotatable bonds is 2. The van der Waals surface area contributed by atoms with Crippen molar-refractivity contribution in [3.8, 4) is 0 Å². The molecule has 1 amide bonds. The fourth-order valence-corrected chi connectivity index (χ4v) is 6.17. The lowest BCUT2D eigenvalue weighted by atomic mass is 9.98. The summed E-state index contributed by atoms with van der Waals surface area (Å²) in [5.41, 5.74) is 0. The molecule has 0 atom stereocenters. The lowest BCUT2D eigenvalue weighted by Crippen LogP contribution is -2.43. The number of carbonyl (C=O) groups excluding carboxylic acids is 1. The van der Waals surface area contributed by atoms with Crippen LogP contribution in [0, 0.1) is 5.92 Å². The van der Waals surface area contributed by atoms with E-state index in [0.29, 0.717) is 11.9 Å². The van der Waals surface area contributed by atoms with Gasteiger partial charge in [0.1, 0.15) is 0 Å². The average Bonchev–Trinajstić information content (AvgIpc) is 2.97. The summed E-state index contributed by atoms with van der Waals surface area (Å²) in [7, 11) is 0.